The van der Waals surface area contributed by atoms with Gasteiger partial charge in [0.05, 0.1) is 31.3 Å². The number of rotatable bonds is 7. The van der Waals surface area contributed by atoms with Crippen molar-refractivity contribution >= 4 is 34.5 Å². The van der Waals surface area contributed by atoms with E-state index in [0.717, 1.165) is 40.9 Å². The highest BCUT2D eigenvalue weighted by atomic mass is 32.2. The standard InChI is InChI=1S/C17H24N6O2S/c1-3-5-14(24)18-6-7-23-16-13(12-19-23)15(20-17(21-16)26-4-2)22-8-10-25-11-9-22/h3,5,12H,4,6-11H2,1-2H3,(H,18,24)/b5-3-. The molecule has 3 rings (SSSR count). The monoisotopic (exact) mass is 376 g/mol. The van der Waals surface area contributed by atoms with E-state index in [4.69, 9.17) is 9.72 Å². The van der Waals surface area contributed by atoms with Crippen LogP contribution >= 0.6 is 11.8 Å². The van der Waals surface area contributed by atoms with Crippen molar-refractivity contribution in [3.05, 3.63) is 18.3 Å². The van der Waals surface area contributed by atoms with Gasteiger partial charge in [-0.3, -0.25) is 4.79 Å². The maximum absolute atomic E-state index is 11.6. The molecule has 26 heavy (non-hydrogen) atoms. The summed E-state index contributed by atoms with van der Waals surface area (Å²) in [5.74, 6) is 1.72. The lowest BCUT2D eigenvalue weighted by atomic mass is 10.3. The predicted octanol–water partition coefficient (Wildman–Crippen LogP) is 1.47. The first kappa shape index (κ1) is 18.7. The third-order valence-corrected chi connectivity index (χ3v) is 4.71. The van der Waals surface area contributed by atoms with Gasteiger partial charge in [-0.2, -0.15) is 5.10 Å². The molecule has 140 valence electrons. The molecule has 2 aromatic heterocycles. The zero-order chi connectivity index (χ0) is 18.4. The molecule has 0 bridgehead atoms. The molecule has 1 N–H and O–H groups in total. The molecule has 0 saturated carbocycles. The minimum Gasteiger partial charge on any atom is -0.378 e. The van der Waals surface area contributed by atoms with Crippen molar-refractivity contribution in [1.82, 2.24) is 25.1 Å². The van der Waals surface area contributed by atoms with Crippen molar-refractivity contribution in [2.75, 3.05) is 43.5 Å². The van der Waals surface area contributed by atoms with Crippen molar-refractivity contribution in [3.63, 3.8) is 0 Å². The highest BCUT2D eigenvalue weighted by molar-refractivity contribution is 7.99. The van der Waals surface area contributed by atoms with E-state index < -0.39 is 0 Å². The third kappa shape index (κ3) is 4.34. The van der Waals surface area contributed by atoms with Crippen LogP contribution in [-0.4, -0.2) is 64.3 Å². The Bertz CT molecular complexity index is 785. The van der Waals surface area contributed by atoms with Crippen LogP contribution in [0.5, 0.6) is 0 Å². The van der Waals surface area contributed by atoms with Gasteiger partial charge >= 0.3 is 0 Å². The molecule has 2 aromatic rings. The Morgan fingerprint density at radius 3 is 2.92 bits per heavy atom. The molecule has 1 aliphatic heterocycles. The average Bonchev–Trinajstić information content (AvgIpc) is 3.05. The summed E-state index contributed by atoms with van der Waals surface area (Å²) in [6, 6.07) is 0. The molecular weight excluding hydrogens is 352 g/mol. The lowest BCUT2D eigenvalue weighted by molar-refractivity contribution is -0.116. The van der Waals surface area contributed by atoms with E-state index in [1.54, 1.807) is 17.8 Å². The number of nitrogens with zero attached hydrogens (tertiary/aromatic N) is 5. The fraction of sp³-hybridized carbons (Fsp3) is 0.529. The molecule has 1 aliphatic rings. The summed E-state index contributed by atoms with van der Waals surface area (Å²) in [6.07, 6.45) is 5.04. The summed E-state index contributed by atoms with van der Waals surface area (Å²) < 4.78 is 7.28. The van der Waals surface area contributed by atoms with E-state index in [-0.39, 0.29) is 5.91 Å². The smallest absolute Gasteiger partial charge is 0.243 e. The summed E-state index contributed by atoms with van der Waals surface area (Å²) >= 11 is 1.62. The quantitative estimate of drug-likeness (QED) is 0.445. The summed E-state index contributed by atoms with van der Waals surface area (Å²) in [6.45, 7) is 7.98. The summed E-state index contributed by atoms with van der Waals surface area (Å²) in [4.78, 5) is 23.2. The van der Waals surface area contributed by atoms with Crippen molar-refractivity contribution in [2.45, 2.75) is 25.5 Å². The largest absolute Gasteiger partial charge is 0.378 e. The van der Waals surface area contributed by atoms with Crippen LogP contribution in [0.15, 0.2) is 23.5 Å². The lowest BCUT2D eigenvalue weighted by Crippen LogP contribution is -2.37. The first-order valence-corrected chi connectivity index (χ1v) is 9.81. The first-order valence-electron chi connectivity index (χ1n) is 8.82. The Hall–Kier alpha value is -2.13. The number of allylic oxidation sites excluding steroid dienone is 1. The van der Waals surface area contributed by atoms with E-state index in [9.17, 15) is 4.79 Å². The maximum Gasteiger partial charge on any atom is 0.243 e. The van der Waals surface area contributed by atoms with Crippen LogP contribution in [0.3, 0.4) is 0 Å². The Labute approximate surface area is 157 Å². The van der Waals surface area contributed by atoms with Gasteiger partial charge in [0.25, 0.3) is 0 Å². The molecule has 1 amide bonds. The molecule has 0 aromatic carbocycles. The van der Waals surface area contributed by atoms with Crippen molar-refractivity contribution in [2.24, 2.45) is 0 Å². The summed E-state index contributed by atoms with van der Waals surface area (Å²) in [7, 11) is 0. The molecule has 0 spiro atoms. The topological polar surface area (TPSA) is 85.2 Å². The molecule has 1 fully saturated rings. The summed E-state index contributed by atoms with van der Waals surface area (Å²) in [5, 5.41) is 9.00. The van der Waals surface area contributed by atoms with Gasteiger partial charge in [0.1, 0.15) is 5.82 Å². The average molecular weight is 376 g/mol. The van der Waals surface area contributed by atoms with E-state index in [1.165, 1.54) is 6.08 Å². The Balaban J connectivity index is 1.85. The second-order valence-electron chi connectivity index (χ2n) is 5.76. The van der Waals surface area contributed by atoms with Crippen LogP contribution in [-0.2, 0) is 16.1 Å². The number of amides is 1. The number of thioether (sulfide) groups is 1. The molecule has 3 heterocycles. The van der Waals surface area contributed by atoms with Gasteiger partial charge in [-0.25, -0.2) is 14.6 Å². The van der Waals surface area contributed by atoms with Crippen molar-refractivity contribution < 1.29 is 9.53 Å². The fourth-order valence-corrected chi connectivity index (χ4v) is 3.35. The zero-order valence-corrected chi connectivity index (χ0v) is 16.0. The molecule has 0 radical (unpaired) electrons. The summed E-state index contributed by atoms with van der Waals surface area (Å²) in [5.41, 5.74) is 0.803. The van der Waals surface area contributed by atoms with Gasteiger partial charge in [0.2, 0.25) is 5.91 Å². The molecule has 9 heteroatoms. The number of carbonyl (C=O) groups is 1. The van der Waals surface area contributed by atoms with Gasteiger partial charge in [-0.15, -0.1) is 0 Å². The Kier molecular flexibility index (Phi) is 6.45. The number of aromatic nitrogens is 4. The van der Waals surface area contributed by atoms with Crippen LogP contribution in [0.25, 0.3) is 11.0 Å². The van der Waals surface area contributed by atoms with E-state index >= 15 is 0 Å². The van der Waals surface area contributed by atoms with E-state index in [0.29, 0.717) is 26.3 Å². The minimum atomic E-state index is -0.102. The van der Waals surface area contributed by atoms with Crippen LogP contribution in [0, 0.1) is 0 Å². The number of hydrogen-bond donors (Lipinski definition) is 1. The zero-order valence-electron chi connectivity index (χ0n) is 15.1. The molecule has 0 unspecified atom stereocenters. The highest BCUT2D eigenvalue weighted by Gasteiger charge is 2.20. The van der Waals surface area contributed by atoms with Crippen molar-refractivity contribution in [3.8, 4) is 0 Å². The Morgan fingerprint density at radius 2 is 2.19 bits per heavy atom. The number of fused-ring (bicyclic) bond motifs is 1. The SMILES string of the molecule is C/C=C\C(=O)NCCn1ncc2c(N3CCOCC3)nc(SCC)nc21. The molecular formula is C17H24N6O2S. The van der Waals surface area contributed by atoms with Gasteiger partial charge in [-0.1, -0.05) is 24.8 Å². The van der Waals surface area contributed by atoms with Crippen molar-refractivity contribution in [1.29, 1.82) is 0 Å². The lowest BCUT2D eigenvalue weighted by Gasteiger charge is -2.28. The number of nitrogens with one attached hydrogen (secondary N) is 1. The van der Waals surface area contributed by atoms with Gasteiger partial charge in [-0.05, 0) is 18.8 Å². The highest BCUT2D eigenvalue weighted by Crippen LogP contribution is 2.27. The predicted molar refractivity (Wildman–Crippen MR) is 103 cm³/mol. The van der Waals surface area contributed by atoms with E-state index in [2.05, 4.69) is 27.2 Å². The molecule has 8 nitrogen and oxygen atoms in total. The second-order valence-corrected chi connectivity index (χ2v) is 6.99. The van der Waals surface area contributed by atoms with Gasteiger partial charge in [0, 0.05) is 19.6 Å². The number of ether oxygens (including phenoxy) is 1. The minimum absolute atomic E-state index is 0.102. The van der Waals surface area contributed by atoms with Gasteiger partial charge < -0.3 is 15.0 Å². The third-order valence-electron chi connectivity index (χ3n) is 3.98. The number of anilines is 1. The fourth-order valence-electron chi connectivity index (χ4n) is 2.79. The molecule has 0 atom stereocenters. The number of hydrogen-bond acceptors (Lipinski definition) is 7. The second kappa shape index (κ2) is 9.00. The number of morpholine rings is 1. The molecule has 0 aliphatic carbocycles. The van der Waals surface area contributed by atoms with Crippen LogP contribution in [0.4, 0.5) is 5.82 Å². The first-order chi connectivity index (χ1) is 12.7. The van der Waals surface area contributed by atoms with Gasteiger partial charge in [0.15, 0.2) is 10.8 Å². The van der Waals surface area contributed by atoms with Crippen LogP contribution < -0.4 is 10.2 Å². The Morgan fingerprint density at radius 1 is 1.38 bits per heavy atom. The normalized spacial score (nSPS) is 15.1. The van der Waals surface area contributed by atoms with Crippen LogP contribution in [0.1, 0.15) is 13.8 Å². The molecule has 1 saturated heterocycles. The van der Waals surface area contributed by atoms with Crippen LogP contribution in [0.2, 0.25) is 0 Å². The van der Waals surface area contributed by atoms with E-state index in [1.807, 2.05) is 17.8 Å². The number of carbonyl (C=O) groups excluding carboxylic acids is 1. The maximum atomic E-state index is 11.6.